The predicted molar refractivity (Wildman–Crippen MR) is 45.9 cm³/mol. The summed E-state index contributed by atoms with van der Waals surface area (Å²) in [6.07, 6.45) is 1.95. The Bertz CT molecular complexity index is 134. The van der Waals surface area contributed by atoms with Crippen LogP contribution in [0.5, 0.6) is 0 Å². The molecule has 1 heterocycles. The van der Waals surface area contributed by atoms with Gasteiger partial charge in [-0.1, -0.05) is 6.58 Å². The summed E-state index contributed by atoms with van der Waals surface area (Å²) in [6, 6.07) is 0. The molecule has 0 aromatic carbocycles. The first-order valence-corrected chi connectivity index (χ1v) is 3.53. The molecular formula is C7H15BFNO2+. The van der Waals surface area contributed by atoms with Crippen molar-refractivity contribution in [2.45, 2.75) is 0 Å². The molecule has 1 saturated heterocycles. The van der Waals surface area contributed by atoms with Crippen molar-refractivity contribution >= 4 is 7.72 Å². The first-order valence-electron chi connectivity index (χ1n) is 3.90. The van der Waals surface area contributed by atoms with Crippen molar-refractivity contribution in [2.75, 3.05) is 33.5 Å². The second-order valence-corrected chi connectivity index (χ2v) is 2.85. The van der Waals surface area contributed by atoms with Gasteiger partial charge < -0.3 is 4.74 Å². The molecular weight excluding hydrogens is 160 g/mol. The quantitative estimate of drug-likeness (QED) is 0.342. The molecule has 69 valence electrons. The van der Waals surface area contributed by atoms with Gasteiger partial charge in [0.2, 0.25) is 0 Å². The van der Waals surface area contributed by atoms with Crippen LogP contribution in [0.2, 0.25) is 0 Å². The van der Waals surface area contributed by atoms with E-state index < -0.39 is 0 Å². The van der Waals surface area contributed by atoms with Gasteiger partial charge >= 0.3 is 12.4 Å². The summed E-state index contributed by atoms with van der Waals surface area (Å²) in [4.78, 5) is 0. The van der Waals surface area contributed by atoms with E-state index in [9.17, 15) is 0 Å². The van der Waals surface area contributed by atoms with Crippen molar-refractivity contribution in [3.05, 3.63) is 12.7 Å². The number of nitrogens with zero attached hydrogens (tertiary/aromatic N) is 1. The van der Waals surface area contributed by atoms with Crippen LogP contribution in [0.4, 0.5) is 4.72 Å². The van der Waals surface area contributed by atoms with Gasteiger partial charge in [-0.3, -0.25) is 9.20 Å². The summed E-state index contributed by atoms with van der Waals surface area (Å²) in [5.74, 6) is 0. The van der Waals surface area contributed by atoms with Crippen LogP contribution in [0.25, 0.3) is 0 Å². The molecule has 0 saturated carbocycles. The van der Waals surface area contributed by atoms with Crippen LogP contribution in [0.15, 0.2) is 12.7 Å². The molecule has 0 spiro atoms. The van der Waals surface area contributed by atoms with Crippen LogP contribution in [0, 0.1) is 0 Å². The molecule has 3 nitrogen and oxygen atoms in total. The third-order valence-corrected chi connectivity index (χ3v) is 1.75. The number of likely N-dealkylation sites (N-methyl/N-ethyl adjacent to an activating group) is 1. The van der Waals surface area contributed by atoms with Crippen molar-refractivity contribution in [1.82, 2.24) is 0 Å². The zero-order valence-corrected chi connectivity index (χ0v) is 7.33. The van der Waals surface area contributed by atoms with E-state index >= 15 is 0 Å². The Kier molecular flexibility index (Phi) is 6.80. The van der Waals surface area contributed by atoms with Crippen LogP contribution in [0.1, 0.15) is 0 Å². The van der Waals surface area contributed by atoms with Gasteiger partial charge in [0.1, 0.15) is 13.2 Å². The fourth-order valence-electron chi connectivity index (χ4n) is 1.09. The first kappa shape index (κ1) is 11.5. The minimum atomic E-state index is 0.853. The van der Waals surface area contributed by atoms with Crippen LogP contribution in [-0.2, 0) is 9.44 Å². The van der Waals surface area contributed by atoms with Gasteiger partial charge in [-0.15, -0.1) is 0 Å². The molecule has 0 aromatic heterocycles. The zero-order valence-electron chi connectivity index (χ0n) is 8.33. The molecule has 1 fully saturated rings. The first-order chi connectivity index (χ1) is 6.27. The predicted octanol–water partition coefficient (Wildman–Crippen LogP) is 0.260. The number of halogens is 1. The van der Waals surface area contributed by atoms with Gasteiger partial charge in [-0.25, -0.2) is 0 Å². The molecule has 0 bridgehead atoms. The number of hydrogen-bond donors (Lipinski definition) is 0. The van der Waals surface area contributed by atoms with E-state index in [1.807, 2.05) is 6.08 Å². The van der Waals surface area contributed by atoms with E-state index in [0.29, 0.717) is 0 Å². The van der Waals surface area contributed by atoms with E-state index in [1.165, 1.54) is 0 Å². The normalized spacial score (nSPS) is 26.9. The van der Waals surface area contributed by atoms with Gasteiger partial charge in [-0.05, 0) is 6.08 Å². The average Bonchev–Trinajstić information content (AvgIpc) is 2.60. The summed E-state index contributed by atoms with van der Waals surface area (Å²) in [7, 11) is 5.44. The van der Waals surface area contributed by atoms with Crippen molar-refractivity contribution in [2.24, 2.45) is 0 Å². The van der Waals surface area contributed by atoms with Crippen LogP contribution >= 0.6 is 0 Å². The Labute approximate surface area is 74.9 Å². The van der Waals surface area contributed by atoms with Crippen molar-refractivity contribution in [1.29, 1.82) is 1.45 Å². The molecule has 1 atom stereocenters. The third kappa shape index (κ3) is 4.36. The van der Waals surface area contributed by atoms with Crippen LogP contribution < -0.4 is 0 Å². The van der Waals surface area contributed by atoms with Gasteiger partial charge in [0.25, 0.3) is 1.45 Å². The fraction of sp³-hybridized carbons (Fsp3) is 0.714. The van der Waals surface area contributed by atoms with E-state index in [0.717, 1.165) is 30.9 Å². The van der Waals surface area contributed by atoms with E-state index in [4.69, 9.17) is 14.2 Å². The van der Waals surface area contributed by atoms with Crippen molar-refractivity contribution < 1.29 is 18.6 Å². The second kappa shape index (κ2) is 7.12. The molecule has 0 amide bonds. The summed E-state index contributed by atoms with van der Waals surface area (Å²) >= 11 is 0. The Morgan fingerprint density at radius 1 is 1.83 bits per heavy atom. The second-order valence-electron chi connectivity index (χ2n) is 2.85. The molecule has 5 heteroatoms. The number of quaternary nitrogens is 1. The molecule has 1 aliphatic heterocycles. The Morgan fingerprint density at radius 3 is 2.75 bits per heavy atom. The molecule has 1 radical (unpaired) electrons. The maximum absolute atomic E-state index is 8.75. The van der Waals surface area contributed by atoms with E-state index in [-0.39, 0.29) is 0 Å². The minimum absolute atomic E-state index is 0.853. The van der Waals surface area contributed by atoms with Crippen LogP contribution in [0.3, 0.4) is 0 Å². The van der Waals surface area contributed by atoms with Crippen LogP contribution in [-0.4, -0.2) is 47.1 Å². The molecule has 0 aromatic rings. The molecule has 1 unspecified atom stereocenters. The molecule has 1 rings (SSSR count). The van der Waals surface area contributed by atoms with E-state index in [2.05, 4.69) is 22.8 Å². The SMILES string of the molecule is C=CC[N+]1(C)CCOC1.[2H]F.[B]=O. The molecule has 0 aliphatic carbocycles. The molecule has 12 heavy (non-hydrogen) atoms. The standard InChI is InChI=1S/C7H14NO.BO.FH/c1-3-4-8(2)5-6-9-7-8;1-2;/h3H,1,4-7H2,2H3;;1H/q+1;;/i/hD. The van der Waals surface area contributed by atoms with Crippen molar-refractivity contribution in [3.63, 3.8) is 0 Å². The Morgan fingerprint density at radius 2 is 2.42 bits per heavy atom. The van der Waals surface area contributed by atoms with Crippen molar-refractivity contribution in [3.8, 4) is 0 Å². The van der Waals surface area contributed by atoms with Gasteiger partial charge in [0, 0.05) is 0 Å². The fourth-order valence-corrected chi connectivity index (χ4v) is 1.09. The zero-order chi connectivity index (χ0) is 10.7. The number of rotatable bonds is 2. The summed E-state index contributed by atoms with van der Waals surface area (Å²) < 4.78 is 27.0. The average molecular weight is 176 g/mol. The molecule has 0 N–H and O–H groups in total. The molecule has 1 aliphatic rings. The number of hydrogen-bond acceptors (Lipinski definition) is 2. The van der Waals surface area contributed by atoms with Gasteiger partial charge in [0.05, 0.1) is 13.6 Å². The Hall–Kier alpha value is -0.545. The monoisotopic (exact) mass is 176 g/mol. The summed E-state index contributed by atoms with van der Waals surface area (Å²) in [6.45, 7) is 7.62. The van der Waals surface area contributed by atoms with Gasteiger partial charge in [-0.2, -0.15) is 0 Å². The number of ether oxygens (including phenoxy) is 1. The topological polar surface area (TPSA) is 26.3 Å². The van der Waals surface area contributed by atoms with E-state index in [1.54, 1.807) is 0 Å². The maximum atomic E-state index is 8.75. The third-order valence-electron chi connectivity index (χ3n) is 1.75. The summed E-state index contributed by atoms with van der Waals surface area (Å²) in [5, 5.41) is 0. The Balaban J connectivity index is 0. The summed E-state index contributed by atoms with van der Waals surface area (Å²) in [5.41, 5.74) is 0. The van der Waals surface area contributed by atoms with Gasteiger partial charge in [0.15, 0.2) is 6.73 Å².